The number of aliphatic imine (C=N–C) groups is 1. The summed E-state index contributed by atoms with van der Waals surface area (Å²) in [6, 6.07) is 4.24. The van der Waals surface area contributed by atoms with Crippen LogP contribution >= 0.6 is 0 Å². The maximum Gasteiger partial charge on any atom is 0.193 e. The van der Waals surface area contributed by atoms with Gasteiger partial charge in [-0.2, -0.15) is 0 Å². The normalized spacial score (nSPS) is 18.4. The Morgan fingerprint density at radius 3 is 2.52 bits per heavy atom. The van der Waals surface area contributed by atoms with Crippen LogP contribution in [0.4, 0.5) is 0 Å². The first-order chi connectivity index (χ1) is 12.0. The van der Waals surface area contributed by atoms with Gasteiger partial charge in [-0.3, -0.25) is 4.99 Å². The number of guanidine groups is 1. The van der Waals surface area contributed by atoms with Crippen molar-refractivity contribution in [1.82, 2.24) is 24.6 Å². The summed E-state index contributed by atoms with van der Waals surface area (Å²) < 4.78 is 2.16. The lowest BCUT2D eigenvalue weighted by molar-refractivity contribution is 0.124. The molecule has 1 unspecified atom stereocenters. The van der Waals surface area contributed by atoms with Gasteiger partial charge in [0, 0.05) is 72.3 Å². The van der Waals surface area contributed by atoms with Gasteiger partial charge < -0.3 is 24.6 Å². The SMILES string of the molecule is CCN1CCN(CC(C)CNC(=NC)N(C)Cc2cccn2C)CC1. The molecular weight excluding hydrogens is 312 g/mol. The number of rotatable bonds is 7. The summed E-state index contributed by atoms with van der Waals surface area (Å²) in [5.74, 6) is 1.57. The maximum atomic E-state index is 4.44. The first-order valence-electron chi connectivity index (χ1n) is 9.50. The molecule has 1 saturated heterocycles. The van der Waals surface area contributed by atoms with E-state index >= 15 is 0 Å². The summed E-state index contributed by atoms with van der Waals surface area (Å²) in [6.07, 6.45) is 2.08. The lowest BCUT2D eigenvalue weighted by Gasteiger charge is -2.35. The maximum absolute atomic E-state index is 4.44. The predicted molar refractivity (Wildman–Crippen MR) is 106 cm³/mol. The standard InChI is InChI=1S/C19H36N6/c1-6-24-10-12-25(13-11-24)15-17(2)14-21-19(20-3)23(5)16-18-8-7-9-22(18)4/h7-9,17H,6,10-16H2,1-5H3,(H,20,21). The van der Waals surface area contributed by atoms with Crippen LogP contribution in [0.3, 0.4) is 0 Å². The van der Waals surface area contributed by atoms with Crippen molar-refractivity contribution in [2.45, 2.75) is 20.4 Å². The lowest BCUT2D eigenvalue weighted by atomic mass is 10.1. The Balaban J connectivity index is 1.73. The molecule has 1 aromatic heterocycles. The second-order valence-electron chi connectivity index (χ2n) is 7.23. The molecule has 2 heterocycles. The van der Waals surface area contributed by atoms with E-state index in [0.29, 0.717) is 5.92 Å². The van der Waals surface area contributed by atoms with E-state index in [0.717, 1.165) is 25.6 Å². The Bertz CT molecular complexity index is 530. The van der Waals surface area contributed by atoms with Gasteiger partial charge in [0.2, 0.25) is 0 Å². The van der Waals surface area contributed by atoms with Crippen molar-refractivity contribution in [2.75, 3.05) is 59.9 Å². The molecule has 25 heavy (non-hydrogen) atoms. The Kier molecular flexibility index (Phi) is 7.78. The summed E-state index contributed by atoms with van der Waals surface area (Å²) in [5, 5.41) is 3.54. The molecule has 6 nitrogen and oxygen atoms in total. The highest BCUT2D eigenvalue weighted by Gasteiger charge is 2.18. The summed E-state index contributed by atoms with van der Waals surface area (Å²) >= 11 is 0. The third kappa shape index (κ3) is 6.04. The fourth-order valence-corrected chi connectivity index (χ4v) is 3.42. The third-order valence-corrected chi connectivity index (χ3v) is 5.11. The molecule has 0 aromatic carbocycles. The van der Waals surface area contributed by atoms with Crippen molar-refractivity contribution in [2.24, 2.45) is 18.0 Å². The minimum absolute atomic E-state index is 0.605. The largest absolute Gasteiger partial charge is 0.356 e. The predicted octanol–water partition coefficient (Wildman–Crippen LogP) is 1.31. The van der Waals surface area contributed by atoms with Crippen molar-refractivity contribution in [3.63, 3.8) is 0 Å². The molecule has 1 atom stereocenters. The minimum atomic E-state index is 0.605. The molecule has 0 spiro atoms. The zero-order valence-corrected chi connectivity index (χ0v) is 16.7. The minimum Gasteiger partial charge on any atom is -0.356 e. The van der Waals surface area contributed by atoms with Crippen LogP contribution in [-0.2, 0) is 13.6 Å². The second-order valence-corrected chi connectivity index (χ2v) is 7.23. The molecule has 1 fully saturated rings. The van der Waals surface area contributed by atoms with E-state index in [9.17, 15) is 0 Å². The monoisotopic (exact) mass is 348 g/mol. The fourth-order valence-electron chi connectivity index (χ4n) is 3.42. The van der Waals surface area contributed by atoms with Crippen molar-refractivity contribution < 1.29 is 0 Å². The van der Waals surface area contributed by atoms with Crippen LogP contribution in [-0.4, -0.2) is 85.1 Å². The molecular formula is C19H36N6. The highest BCUT2D eigenvalue weighted by Crippen LogP contribution is 2.06. The quantitative estimate of drug-likeness (QED) is 0.596. The van der Waals surface area contributed by atoms with Crippen molar-refractivity contribution in [1.29, 1.82) is 0 Å². The van der Waals surface area contributed by atoms with Crippen molar-refractivity contribution in [3.05, 3.63) is 24.0 Å². The zero-order chi connectivity index (χ0) is 18.2. The van der Waals surface area contributed by atoms with Gasteiger partial charge in [-0.05, 0) is 24.6 Å². The number of hydrogen-bond acceptors (Lipinski definition) is 3. The van der Waals surface area contributed by atoms with Gasteiger partial charge >= 0.3 is 0 Å². The zero-order valence-electron chi connectivity index (χ0n) is 16.7. The highest BCUT2D eigenvalue weighted by molar-refractivity contribution is 5.79. The molecule has 2 rings (SSSR count). The molecule has 0 saturated carbocycles. The third-order valence-electron chi connectivity index (χ3n) is 5.11. The van der Waals surface area contributed by atoms with Crippen LogP contribution in [0.1, 0.15) is 19.5 Å². The molecule has 1 N–H and O–H groups in total. The van der Waals surface area contributed by atoms with Gasteiger partial charge in [-0.25, -0.2) is 0 Å². The average Bonchev–Trinajstić information content (AvgIpc) is 3.01. The van der Waals surface area contributed by atoms with Gasteiger partial charge in [0.1, 0.15) is 0 Å². The molecule has 0 aliphatic carbocycles. The van der Waals surface area contributed by atoms with E-state index in [1.54, 1.807) is 0 Å². The van der Waals surface area contributed by atoms with Gasteiger partial charge in [-0.15, -0.1) is 0 Å². The number of likely N-dealkylation sites (N-methyl/N-ethyl adjacent to an activating group) is 1. The van der Waals surface area contributed by atoms with E-state index in [1.165, 1.54) is 38.4 Å². The number of nitrogens with one attached hydrogen (secondary N) is 1. The van der Waals surface area contributed by atoms with E-state index in [1.807, 2.05) is 7.05 Å². The highest BCUT2D eigenvalue weighted by atomic mass is 15.3. The first kappa shape index (κ1) is 19.8. The Hall–Kier alpha value is -1.53. The fraction of sp³-hybridized carbons (Fsp3) is 0.737. The van der Waals surface area contributed by atoms with E-state index in [4.69, 9.17) is 0 Å². The smallest absolute Gasteiger partial charge is 0.193 e. The van der Waals surface area contributed by atoms with Crippen LogP contribution in [0.15, 0.2) is 23.3 Å². The summed E-state index contributed by atoms with van der Waals surface area (Å²) in [4.78, 5) is 11.7. The lowest BCUT2D eigenvalue weighted by Crippen LogP contribution is -2.48. The Morgan fingerprint density at radius 2 is 1.96 bits per heavy atom. The number of nitrogens with zero attached hydrogens (tertiary/aromatic N) is 5. The molecule has 1 aromatic rings. The van der Waals surface area contributed by atoms with Crippen LogP contribution in [0.5, 0.6) is 0 Å². The van der Waals surface area contributed by atoms with E-state index in [-0.39, 0.29) is 0 Å². The van der Waals surface area contributed by atoms with Crippen molar-refractivity contribution >= 4 is 5.96 Å². The molecule has 0 amide bonds. The Morgan fingerprint density at radius 1 is 1.28 bits per heavy atom. The van der Waals surface area contributed by atoms with Crippen LogP contribution in [0.25, 0.3) is 0 Å². The molecule has 142 valence electrons. The molecule has 1 aliphatic heterocycles. The topological polar surface area (TPSA) is 39.0 Å². The Labute approximate surface area is 153 Å². The van der Waals surface area contributed by atoms with Crippen molar-refractivity contribution in [3.8, 4) is 0 Å². The molecule has 6 heteroatoms. The summed E-state index contributed by atoms with van der Waals surface area (Å²) in [6.45, 7) is 13.5. The average molecular weight is 349 g/mol. The number of hydrogen-bond donors (Lipinski definition) is 1. The summed E-state index contributed by atoms with van der Waals surface area (Å²) in [5.41, 5.74) is 1.28. The van der Waals surface area contributed by atoms with E-state index < -0.39 is 0 Å². The van der Waals surface area contributed by atoms with E-state index in [2.05, 4.69) is 75.8 Å². The van der Waals surface area contributed by atoms with Crippen LogP contribution in [0.2, 0.25) is 0 Å². The van der Waals surface area contributed by atoms with Gasteiger partial charge in [0.25, 0.3) is 0 Å². The van der Waals surface area contributed by atoms with Crippen LogP contribution in [0, 0.1) is 5.92 Å². The molecule has 0 radical (unpaired) electrons. The molecule has 1 aliphatic rings. The van der Waals surface area contributed by atoms with Gasteiger partial charge in [0.15, 0.2) is 5.96 Å². The molecule has 0 bridgehead atoms. The summed E-state index contributed by atoms with van der Waals surface area (Å²) in [7, 11) is 6.04. The van der Waals surface area contributed by atoms with Gasteiger partial charge in [0.05, 0.1) is 6.54 Å². The number of piperazine rings is 1. The van der Waals surface area contributed by atoms with Crippen LogP contribution < -0.4 is 5.32 Å². The first-order valence-corrected chi connectivity index (χ1v) is 9.50. The number of aryl methyl sites for hydroxylation is 1. The number of aromatic nitrogens is 1. The van der Waals surface area contributed by atoms with Gasteiger partial charge in [-0.1, -0.05) is 13.8 Å². The second kappa shape index (κ2) is 9.82.